The zero-order valence-electron chi connectivity index (χ0n) is 10.7. The maximum absolute atomic E-state index is 11.0. The van der Waals surface area contributed by atoms with Gasteiger partial charge >= 0.3 is 5.97 Å². The largest absolute Gasteiger partial charge is 0.458 e. The molecular formula is C13H22I2O2. The quantitative estimate of drug-likeness (QED) is 0.207. The van der Waals surface area contributed by atoms with Crippen molar-refractivity contribution in [3.8, 4) is 0 Å². The summed E-state index contributed by atoms with van der Waals surface area (Å²) in [6.45, 7) is 3.70. The summed E-state index contributed by atoms with van der Waals surface area (Å²) < 4.78 is 7.54. The molecule has 0 amide bonds. The molecule has 100 valence electrons. The smallest absolute Gasteiger partial charge is 0.303 e. The predicted molar refractivity (Wildman–Crippen MR) is 89.9 cm³/mol. The van der Waals surface area contributed by atoms with Gasteiger partial charge in [-0.25, -0.2) is 0 Å². The first-order valence-electron chi connectivity index (χ1n) is 6.19. The number of halogens is 2. The minimum Gasteiger partial charge on any atom is -0.458 e. The van der Waals surface area contributed by atoms with E-state index in [-0.39, 0.29) is 12.1 Å². The van der Waals surface area contributed by atoms with Gasteiger partial charge in [-0.1, -0.05) is 55.2 Å². The molecule has 1 atom stereocenters. The highest BCUT2D eigenvalue weighted by Crippen LogP contribution is 2.16. The fraction of sp³-hybridized carbons (Fsp3) is 0.769. The average Bonchev–Trinajstić information content (AvgIpc) is 2.27. The summed E-state index contributed by atoms with van der Waals surface area (Å²) in [5, 5.41) is 0. The molecule has 4 heteroatoms. The lowest BCUT2D eigenvalue weighted by Gasteiger charge is -2.13. The molecule has 0 heterocycles. The van der Waals surface area contributed by atoms with Crippen molar-refractivity contribution in [2.45, 2.75) is 58.5 Å². The van der Waals surface area contributed by atoms with E-state index >= 15 is 0 Å². The van der Waals surface area contributed by atoms with Crippen molar-refractivity contribution >= 4 is 51.2 Å². The molecule has 0 aromatic carbocycles. The van der Waals surface area contributed by atoms with E-state index in [1.807, 2.05) is 0 Å². The van der Waals surface area contributed by atoms with Crippen molar-refractivity contribution < 1.29 is 9.53 Å². The molecule has 0 saturated heterocycles. The van der Waals surface area contributed by atoms with Crippen molar-refractivity contribution in [2.24, 2.45) is 0 Å². The van der Waals surface area contributed by atoms with Gasteiger partial charge < -0.3 is 4.74 Å². The summed E-state index contributed by atoms with van der Waals surface area (Å²) in [6, 6.07) is 0. The van der Waals surface area contributed by atoms with Crippen molar-refractivity contribution in [2.75, 3.05) is 4.43 Å². The van der Waals surface area contributed by atoms with Crippen LogP contribution in [0, 0.1) is 0 Å². The van der Waals surface area contributed by atoms with Gasteiger partial charge in [0.25, 0.3) is 0 Å². The van der Waals surface area contributed by atoms with Gasteiger partial charge in [-0.05, 0) is 41.5 Å². The summed E-state index contributed by atoms with van der Waals surface area (Å²) in [7, 11) is 0. The van der Waals surface area contributed by atoms with Gasteiger partial charge in [0.2, 0.25) is 0 Å². The predicted octanol–water partition coefficient (Wildman–Crippen LogP) is 5.03. The maximum atomic E-state index is 11.0. The summed E-state index contributed by atoms with van der Waals surface area (Å²) >= 11 is 4.62. The molecule has 0 aliphatic heterocycles. The number of esters is 1. The standard InChI is InChI=1S/C13H22I2O2/c1-3-4-5-6-7-8-13(17-11(2)16)9-12(15)10-14/h9,13H,3-8,10H2,1-2H3/b12-9+. The number of hydrogen-bond acceptors (Lipinski definition) is 2. The van der Waals surface area contributed by atoms with Crippen molar-refractivity contribution in [1.82, 2.24) is 0 Å². The fourth-order valence-electron chi connectivity index (χ4n) is 1.58. The van der Waals surface area contributed by atoms with Crippen LogP contribution in [-0.4, -0.2) is 16.5 Å². The minimum absolute atomic E-state index is 0.0317. The molecule has 0 bridgehead atoms. The molecule has 2 nitrogen and oxygen atoms in total. The number of carbonyl (C=O) groups excluding carboxylic acids is 1. The first-order valence-corrected chi connectivity index (χ1v) is 8.80. The molecule has 0 aliphatic rings. The van der Waals surface area contributed by atoms with E-state index in [2.05, 4.69) is 58.2 Å². The number of ether oxygens (including phenoxy) is 1. The Morgan fingerprint density at radius 3 is 2.47 bits per heavy atom. The lowest BCUT2D eigenvalue weighted by atomic mass is 10.1. The van der Waals surface area contributed by atoms with E-state index in [0.717, 1.165) is 17.3 Å². The van der Waals surface area contributed by atoms with Crippen molar-refractivity contribution in [3.63, 3.8) is 0 Å². The maximum Gasteiger partial charge on any atom is 0.303 e. The topological polar surface area (TPSA) is 26.3 Å². The highest BCUT2D eigenvalue weighted by atomic mass is 127. The van der Waals surface area contributed by atoms with E-state index in [4.69, 9.17) is 4.74 Å². The van der Waals surface area contributed by atoms with Gasteiger partial charge in [0.05, 0.1) is 0 Å². The molecule has 0 aromatic heterocycles. The van der Waals surface area contributed by atoms with Gasteiger partial charge in [-0.3, -0.25) is 4.79 Å². The summed E-state index contributed by atoms with van der Waals surface area (Å²) in [6.07, 6.45) is 9.23. The van der Waals surface area contributed by atoms with Gasteiger partial charge in [0.15, 0.2) is 0 Å². The second-order valence-electron chi connectivity index (χ2n) is 4.10. The molecule has 1 unspecified atom stereocenters. The van der Waals surface area contributed by atoms with E-state index in [1.165, 1.54) is 36.2 Å². The zero-order chi connectivity index (χ0) is 13.1. The highest BCUT2D eigenvalue weighted by Gasteiger charge is 2.09. The van der Waals surface area contributed by atoms with Crippen LogP contribution in [0.4, 0.5) is 0 Å². The van der Waals surface area contributed by atoms with Crippen LogP contribution in [0.3, 0.4) is 0 Å². The Bertz CT molecular complexity index is 240. The lowest BCUT2D eigenvalue weighted by Crippen LogP contribution is -2.14. The molecule has 17 heavy (non-hydrogen) atoms. The van der Waals surface area contributed by atoms with Crippen LogP contribution in [0.5, 0.6) is 0 Å². The molecule has 0 rings (SSSR count). The molecule has 0 aliphatic carbocycles. The number of unbranched alkanes of at least 4 members (excludes halogenated alkanes) is 4. The second kappa shape index (κ2) is 11.7. The third-order valence-corrected chi connectivity index (χ3v) is 5.43. The number of alkyl halides is 1. The molecule has 0 aromatic rings. The van der Waals surface area contributed by atoms with Crippen LogP contribution in [0.15, 0.2) is 9.66 Å². The van der Waals surface area contributed by atoms with E-state index in [1.54, 1.807) is 0 Å². The number of hydrogen-bond donors (Lipinski definition) is 0. The summed E-state index contributed by atoms with van der Waals surface area (Å²) in [5.74, 6) is -0.183. The Morgan fingerprint density at radius 2 is 1.94 bits per heavy atom. The Hall–Kier alpha value is 0.670. The first kappa shape index (κ1) is 17.7. The fourth-order valence-corrected chi connectivity index (χ4v) is 2.24. The number of carbonyl (C=O) groups is 1. The van der Waals surface area contributed by atoms with Gasteiger partial charge in [-0.15, -0.1) is 0 Å². The third-order valence-electron chi connectivity index (χ3n) is 2.40. The Kier molecular flexibility index (Phi) is 12.2. The van der Waals surface area contributed by atoms with Crippen LogP contribution in [0.1, 0.15) is 52.4 Å². The Morgan fingerprint density at radius 1 is 1.29 bits per heavy atom. The Labute approximate surface area is 132 Å². The molecule has 0 radical (unpaired) electrons. The van der Waals surface area contributed by atoms with Crippen LogP contribution in [0.25, 0.3) is 0 Å². The molecular weight excluding hydrogens is 442 g/mol. The van der Waals surface area contributed by atoms with Gasteiger partial charge in [-0.2, -0.15) is 0 Å². The Balaban J connectivity index is 3.98. The number of rotatable bonds is 9. The van der Waals surface area contributed by atoms with Crippen molar-refractivity contribution in [1.29, 1.82) is 0 Å². The van der Waals surface area contributed by atoms with Gasteiger partial charge in [0, 0.05) is 14.9 Å². The number of allylic oxidation sites excluding steroid dienone is 1. The molecule has 0 fully saturated rings. The second-order valence-corrected chi connectivity index (χ2v) is 6.25. The molecule has 0 saturated carbocycles. The third kappa shape index (κ3) is 11.5. The van der Waals surface area contributed by atoms with Crippen LogP contribution < -0.4 is 0 Å². The summed E-state index contributed by atoms with van der Waals surface area (Å²) in [5.41, 5.74) is 0. The van der Waals surface area contributed by atoms with Gasteiger partial charge in [0.1, 0.15) is 6.10 Å². The molecule has 0 N–H and O–H groups in total. The van der Waals surface area contributed by atoms with Crippen molar-refractivity contribution in [3.05, 3.63) is 9.66 Å². The highest BCUT2D eigenvalue weighted by molar-refractivity contribution is 14.1. The SMILES string of the molecule is CCCCCCCC(/C=C(/I)CI)OC(C)=O. The van der Waals surface area contributed by atoms with E-state index < -0.39 is 0 Å². The van der Waals surface area contributed by atoms with Crippen LogP contribution in [0.2, 0.25) is 0 Å². The van der Waals surface area contributed by atoms with Crippen LogP contribution in [-0.2, 0) is 9.53 Å². The van der Waals surface area contributed by atoms with Crippen LogP contribution >= 0.6 is 45.2 Å². The van der Waals surface area contributed by atoms with E-state index in [0.29, 0.717) is 0 Å². The molecule has 0 spiro atoms. The monoisotopic (exact) mass is 464 g/mol. The minimum atomic E-state index is -0.183. The summed E-state index contributed by atoms with van der Waals surface area (Å²) in [4.78, 5) is 11.0. The lowest BCUT2D eigenvalue weighted by molar-refractivity contribution is -0.144. The average molecular weight is 464 g/mol. The van der Waals surface area contributed by atoms with E-state index in [9.17, 15) is 4.79 Å². The first-order chi connectivity index (χ1) is 8.10. The zero-order valence-corrected chi connectivity index (χ0v) is 15.0. The normalized spacial score (nSPS) is 13.5.